The highest BCUT2D eigenvalue weighted by molar-refractivity contribution is 5.92. The molecule has 2 aliphatic carbocycles. The Morgan fingerprint density at radius 3 is 2.60 bits per heavy atom. The second-order valence-corrected chi connectivity index (χ2v) is 4.81. The fourth-order valence-electron chi connectivity index (χ4n) is 2.18. The summed E-state index contributed by atoms with van der Waals surface area (Å²) in [5.41, 5.74) is 1.97. The number of ketones is 1. The Bertz CT molecular complexity index is 400. The molecule has 0 aliphatic heterocycles. The largest absolute Gasteiger partial charge is 0.293 e. The first-order valence-corrected chi connectivity index (χ1v) is 5.86. The lowest BCUT2D eigenvalue weighted by atomic mass is 9.83. The number of carbonyl (C=O) groups excluding carboxylic acids is 1. The lowest BCUT2D eigenvalue weighted by Crippen LogP contribution is -2.10. The highest BCUT2D eigenvalue weighted by Crippen LogP contribution is 2.39. The molecule has 3 heteroatoms. The van der Waals surface area contributed by atoms with Crippen LogP contribution in [0.4, 0.5) is 0 Å². The molecule has 0 saturated heterocycles. The predicted octanol–water partition coefficient (Wildman–Crippen LogP) is 2.69. The van der Waals surface area contributed by atoms with E-state index in [9.17, 15) is 4.79 Å². The van der Waals surface area contributed by atoms with Crippen molar-refractivity contribution in [3.63, 3.8) is 0 Å². The Balaban J connectivity index is 1.95. The smallest absolute Gasteiger partial charge is 0.177 e. The normalized spacial score (nSPS) is 21.4. The summed E-state index contributed by atoms with van der Waals surface area (Å²) in [5, 5.41) is 4.61. The Labute approximate surface area is 89.5 Å². The number of aromatic nitrogens is 2. The number of hydrogen-bond acceptors (Lipinski definition) is 2. The molecule has 3 nitrogen and oxygen atoms in total. The van der Waals surface area contributed by atoms with Crippen LogP contribution < -0.4 is 0 Å². The summed E-state index contributed by atoms with van der Waals surface area (Å²) in [7, 11) is 0. The van der Waals surface area contributed by atoms with Crippen LogP contribution in [0.15, 0.2) is 6.07 Å². The Morgan fingerprint density at radius 1 is 1.40 bits per heavy atom. The van der Waals surface area contributed by atoms with Crippen molar-refractivity contribution in [3.05, 3.63) is 17.5 Å². The topological polar surface area (TPSA) is 34.9 Å². The second-order valence-electron chi connectivity index (χ2n) is 4.81. The third-order valence-electron chi connectivity index (χ3n) is 3.53. The molecule has 2 saturated carbocycles. The van der Waals surface area contributed by atoms with Gasteiger partial charge in [-0.3, -0.25) is 9.48 Å². The van der Waals surface area contributed by atoms with Gasteiger partial charge in [-0.1, -0.05) is 6.42 Å². The molecule has 1 aromatic rings. The summed E-state index contributed by atoms with van der Waals surface area (Å²) in [4.78, 5) is 11.5. The molecule has 0 radical (unpaired) electrons. The van der Waals surface area contributed by atoms with Gasteiger partial charge in [-0.25, -0.2) is 0 Å². The zero-order chi connectivity index (χ0) is 10.4. The van der Waals surface area contributed by atoms with Gasteiger partial charge in [-0.2, -0.15) is 5.10 Å². The van der Waals surface area contributed by atoms with Gasteiger partial charge in [0.15, 0.2) is 5.78 Å². The Hall–Kier alpha value is -1.12. The van der Waals surface area contributed by atoms with Gasteiger partial charge in [0.2, 0.25) is 0 Å². The minimum atomic E-state index is 0.153. The fraction of sp³-hybridized carbons (Fsp3) is 0.667. The molecule has 1 heterocycles. The zero-order valence-electron chi connectivity index (χ0n) is 9.07. The minimum Gasteiger partial charge on any atom is -0.293 e. The molecule has 0 unspecified atom stereocenters. The van der Waals surface area contributed by atoms with Crippen molar-refractivity contribution in [1.29, 1.82) is 0 Å². The van der Waals surface area contributed by atoms with Crippen LogP contribution in [-0.2, 0) is 0 Å². The van der Waals surface area contributed by atoms with Crippen molar-refractivity contribution in [3.8, 4) is 0 Å². The molecular formula is C12H16N2O. The molecule has 0 atom stereocenters. The van der Waals surface area contributed by atoms with E-state index < -0.39 is 0 Å². The molecule has 0 aromatic carbocycles. The van der Waals surface area contributed by atoms with Crippen molar-refractivity contribution in [2.24, 2.45) is 0 Å². The van der Waals surface area contributed by atoms with E-state index in [2.05, 4.69) is 5.10 Å². The van der Waals surface area contributed by atoms with E-state index in [1.165, 1.54) is 32.1 Å². The quantitative estimate of drug-likeness (QED) is 0.709. The molecule has 2 fully saturated rings. The summed E-state index contributed by atoms with van der Waals surface area (Å²) in [6.45, 7) is 1.64. The predicted molar refractivity (Wildman–Crippen MR) is 57.1 cm³/mol. The third kappa shape index (κ3) is 1.50. The van der Waals surface area contributed by atoms with Crippen molar-refractivity contribution in [2.45, 2.75) is 51.0 Å². The van der Waals surface area contributed by atoms with Crippen LogP contribution in [0.1, 0.15) is 67.2 Å². The molecule has 2 aliphatic rings. The molecule has 3 rings (SSSR count). The first-order chi connectivity index (χ1) is 7.25. The van der Waals surface area contributed by atoms with Crippen LogP contribution in [-0.4, -0.2) is 15.6 Å². The number of Topliss-reactive ketones (excluding diaryl/α,β-unsaturated/α-hetero) is 1. The van der Waals surface area contributed by atoms with Gasteiger partial charge in [-0.15, -0.1) is 0 Å². The SMILES string of the molecule is CC(=O)c1cc(C2CCC2)nn1C1CC1. The van der Waals surface area contributed by atoms with E-state index in [1.54, 1.807) is 6.92 Å². The van der Waals surface area contributed by atoms with Crippen LogP contribution in [0.2, 0.25) is 0 Å². The summed E-state index contributed by atoms with van der Waals surface area (Å²) < 4.78 is 1.97. The van der Waals surface area contributed by atoms with Gasteiger partial charge in [0.1, 0.15) is 5.69 Å². The van der Waals surface area contributed by atoms with Crippen molar-refractivity contribution < 1.29 is 4.79 Å². The van der Waals surface area contributed by atoms with Gasteiger partial charge in [0.25, 0.3) is 0 Å². The fourth-order valence-corrected chi connectivity index (χ4v) is 2.18. The van der Waals surface area contributed by atoms with Crippen molar-refractivity contribution in [1.82, 2.24) is 9.78 Å². The van der Waals surface area contributed by atoms with E-state index in [0.717, 1.165) is 11.4 Å². The maximum atomic E-state index is 11.5. The van der Waals surface area contributed by atoms with Gasteiger partial charge in [-0.05, 0) is 31.7 Å². The second kappa shape index (κ2) is 3.19. The Kier molecular flexibility index (Phi) is 1.94. The lowest BCUT2D eigenvalue weighted by molar-refractivity contribution is 0.100. The molecular weight excluding hydrogens is 188 g/mol. The van der Waals surface area contributed by atoms with E-state index in [4.69, 9.17) is 0 Å². The first kappa shape index (κ1) is 9.13. The van der Waals surface area contributed by atoms with Crippen LogP contribution in [0, 0.1) is 0 Å². The number of rotatable bonds is 3. The van der Waals surface area contributed by atoms with E-state index >= 15 is 0 Å². The lowest BCUT2D eigenvalue weighted by Gasteiger charge is -2.22. The molecule has 0 bridgehead atoms. The molecule has 0 spiro atoms. The Morgan fingerprint density at radius 2 is 2.13 bits per heavy atom. The van der Waals surface area contributed by atoms with Gasteiger partial charge < -0.3 is 0 Å². The van der Waals surface area contributed by atoms with Crippen LogP contribution in [0.25, 0.3) is 0 Å². The highest BCUT2D eigenvalue weighted by atomic mass is 16.1. The maximum Gasteiger partial charge on any atom is 0.177 e. The third-order valence-corrected chi connectivity index (χ3v) is 3.53. The average molecular weight is 204 g/mol. The maximum absolute atomic E-state index is 11.5. The van der Waals surface area contributed by atoms with Gasteiger partial charge in [0, 0.05) is 12.8 Å². The monoisotopic (exact) mass is 204 g/mol. The summed E-state index contributed by atoms with van der Waals surface area (Å²) in [6.07, 6.45) is 6.19. The molecule has 0 N–H and O–H groups in total. The van der Waals surface area contributed by atoms with E-state index in [1.807, 2.05) is 10.7 Å². The van der Waals surface area contributed by atoms with Crippen LogP contribution in [0.3, 0.4) is 0 Å². The number of nitrogens with zero attached hydrogens (tertiary/aromatic N) is 2. The summed E-state index contributed by atoms with van der Waals surface area (Å²) in [5.74, 6) is 0.781. The van der Waals surface area contributed by atoms with Crippen LogP contribution in [0.5, 0.6) is 0 Å². The van der Waals surface area contributed by atoms with Crippen molar-refractivity contribution in [2.75, 3.05) is 0 Å². The van der Waals surface area contributed by atoms with E-state index in [-0.39, 0.29) is 5.78 Å². The molecule has 80 valence electrons. The van der Waals surface area contributed by atoms with Crippen molar-refractivity contribution >= 4 is 5.78 Å². The van der Waals surface area contributed by atoms with Gasteiger partial charge in [0.05, 0.1) is 11.7 Å². The molecule has 1 aromatic heterocycles. The number of hydrogen-bond donors (Lipinski definition) is 0. The first-order valence-electron chi connectivity index (χ1n) is 5.86. The van der Waals surface area contributed by atoms with Crippen LogP contribution >= 0.6 is 0 Å². The zero-order valence-corrected chi connectivity index (χ0v) is 9.07. The minimum absolute atomic E-state index is 0.153. The molecule has 15 heavy (non-hydrogen) atoms. The standard InChI is InChI=1S/C12H16N2O/c1-8(15)12-7-11(9-3-2-4-9)13-14(12)10-5-6-10/h7,9-10H,2-6H2,1H3. The molecule has 0 amide bonds. The van der Waals surface area contributed by atoms with E-state index in [0.29, 0.717) is 12.0 Å². The number of carbonyl (C=O) groups is 1. The van der Waals surface area contributed by atoms with Gasteiger partial charge >= 0.3 is 0 Å². The average Bonchev–Trinajstić information content (AvgIpc) is 2.85. The highest BCUT2D eigenvalue weighted by Gasteiger charge is 2.31. The summed E-state index contributed by atoms with van der Waals surface area (Å²) >= 11 is 0. The summed E-state index contributed by atoms with van der Waals surface area (Å²) in [6, 6.07) is 2.53.